The van der Waals surface area contributed by atoms with Crippen molar-refractivity contribution in [3.63, 3.8) is 0 Å². The van der Waals surface area contributed by atoms with Crippen molar-refractivity contribution in [3.8, 4) is 0 Å². The first-order valence-electron chi connectivity index (χ1n) is 10.5. The lowest BCUT2D eigenvalue weighted by Gasteiger charge is -2.34. The Morgan fingerprint density at radius 1 is 1.10 bits per heavy atom. The lowest BCUT2D eigenvalue weighted by Crippen LogP contribution is -2.39. The van der Waals surface area contributed by atoms with E-state index < -0.39 is 0 Å². The van der Waals surface area contributed by atoms with E-state index >= 15 is 0 Å². The predicted molar refractivity (Wildman–Crippen MR) is 112 cm³/mol. The van der Waals surface area contributed by atoms with Crippen LogP contribution in [0.2, 0.25) is 0 Å². The molecule has 0 bridgehead atoms. The number of hydrogen-bond acceptors (Lipinski definition) is 5. The van der Waals surface area contributed by atoms with Crippen molar-refractivity contribution >= 4 is 5.91 Å². The summed E-state index contributed by atoms with van der Waals surface area (Å²) in [7, 11) is 0. The van der Waals surface area contributed by atoms with Crippen LogP contribution in [0.25, 0.3) is 0 Å². The van der Waals surface area contributed by atoms with Gasteiger partial charge in [0.05, 0.1) is 19.1 Å². The first-order valence-corrected chi connectivity index (χ1v) is 10.5. The minimum absolute atomic E-state index is 0.108. The number of benzene rings is 2. The molecule has 1 atom stereocenters. The summed E-state index contributed by atoms with van der Waals surface area (Å²) in [6, 6.07) is 17.9. The van der Waals surface area contributed by atoms with Gasteiger partial charge in [0.15, 0.2) is 5.82 Å². The second kappa shape index (κ2) is 9.67. The summed E-state index contributed by atoms with van der Waals surface area (Å²) >= 11 is 0. The van der Waals surface area contributed by atoms with Gasteiger partial charge in [-0.2, -0.15) is 4.98 Å². The minimum Gasteiger partial charge on any atom is -0.367 e. The van der Waals surface area contributed by atoms with Gasteiger partial charge in [-0.15, -0.1) is 0 Å². The number of carbonyl (C=O) groups excluding carboxylic acids is 1. The number of rotatable bonds is 7. The van der Waals surface area contributed by atoms with Crippen molar-refractivity contribution < 1.29 is 14.1 Å². The van der Waals surface area contributed by atoms with Crippen LogP contribution in [-0.4, -0.2) is 27.5 Å². The van der Waals surface area contributed by atoms with Gasteiger partial charge >= 0.3 is 0 Å². The molecule has 1 fully saturated rings. The van der Waals surface area contributed by atoms with Crippen LogP contribution in [0.4, 0.5) is 0 Å². The largest absolute Gasteiger partial charge is 0.367 e. The van der Waals surface area contributed by atoms with Gasteiger partial charge in [-0.1, -0.05) is 65.3 Å². The van der Waals surface area contributed by atoms with Crippen molar-refractivity contribution in [1.82, 2.24) is 15.0 Å². The van der Waals surface area contributed by atoms with Gasteiger partial charge in [0.25, 0.3) is 5.89 Å². The van der Waals surface area contributed by atoms with E-state index in [-0.39, 0.29) is 18.6 Å². The lowest BCUT2D eigenvalue weighted by molar-refractivity contribution is -0.134. The standard InChI is InChI=1S/C24H27N3O3/c1-18-8-7-11-20(14-18)15-23(28)27-13-6-5-12-21(27)24-25-22(30-26-24)17-29-16-19-9-3-2-4-10-19/h2-4,7-11,14,21H,5-6,12-13,15-17H2,1H3. The third-order valence-corrected chi connectivity index (χ3v) is 5.38. The molecular weight excluding hydrogens is 378 g/mol. The molecule has 0 radical (unpaired) electrons. The molecule has 156 valence electrons. The highest BCUT2D eigenvalue weighted by atomic mass is 16.5. The Kier molecular flexibility index (Phi) is 6.54. The molecular formula is C24H27N3O3. The van der Waals surface area contributed by atoms with Gasteiger partial charge in [-0.25, -0.2) is 0 Å². The van der Waals surface area contributed by atoms with Crippen LogP contribution >= 0.6 is 0 Å². The number of likely N-dealkylation sites (tertiary alicyclic amines) is 1. The highest BCUT2D eigenvalue weighted by Gasteiger charge is 2.31. The van der Waals surface area contributed by atoms with Gasteiger partial charge < -0.3 is 14.2 Å². The maximum Gasteiger partial charge on any atom is 0.252 e. The van der Waals surface area contributed by atoms with Crippen LogP contribution in [0.3, 0.4) is 0 Å². The molecule has 1 amide bonds. The number of aryl methyl sites for hydroxylation is 1. The van der Waals surface area contributed by atoms with E-state index in [4.69, 9.17) is 9.26 Å². The molecule has 0 spiro atoms. The molecule has 1 aromatic heterocycles. The van der Waals surface area contributed by atoms with Crippen LogP contribution in [0.15, 0.2) is 59.1 Å². The molecule has 3 aromatic rings. The molecule has 4 rings (SSSR count). The van der Waals surface area contributed by atoms with Gasteiger partial charge in [0, 0.05) is 6.54 Å². The van der Waals surface area contributed by atoms with Crippen molar-refractivity contribution in [1.29, 1.82) is 0 Å². The molecule has 1 unspecified atom stereocenters. The fraction of sp³-hybridized carbons (Fsp3) is 0.375. The first kappa shape index (κ1) is 20.3. The summed E-state index contributed by atoms with van der Waals surface area (Å²) in [4.78, 5) is 19.4. The van der Waals surface area contributed by atoms with Gasteiger partial charge in [-0.05, 0) is 37.3 Å². The van der Waals surface area contributed by atoms with Gasteiger partial charge in [-0.3, -0.25) is 4.79 Å². The Balaban J connectivity index is 1.38. The minimum atomic E-state index is -0.136. The first-order chi connectivity index (χ1) is 14.7. The summed E-state index contributed by atoms with van der Waals surface area (Å²) in [5, 5.41) is 4.16. The molecule has 6 heteroatoms. The van der Waals surface area contributed by atoms with Crippen LogP contribution in [0.5, 0.6) is 0 Å². The normalized spacial score (nSPS) is 16.6. The van der Waals surface area contributed by atoms with Gasteiger partial charge in [0.2, 0.25) is 5.91 Å². The maximum absolute atomic E-state index is 13.0. The zero-order valence-electron chi connectivity index (χ0n) is 17.3. The number of carbonyl (C=O) groups is 1. The quantitative estimate of drug-likeness (QED) is 0.583. The fourth-order valence-electron chi connectivity index (χ4n) is 3.89. The maximum atomic E-state index is 13.0. The average Bonchev–Trinajstić information content (AvgIpc) is 3.23. The van der Waals surface area contributed by atoms with E-state index in [1.165, 1.54) is 0 Å². The highest BCUT2D eigenvalue weighted by molar-refractivity contribution is 5.79. The van der Waals surface area contributed by atoms with E-state index in [1.807, 2.05) is 60.4 Å². The van der Waals surface area contributed by atoms with E-state index in [9.17, 15) is 4.79 Å². The average molecular weight is 405 g/mol. The Morgan fingerprint density at radius 2 is 1.93 bits per heavy atom. The third-order valence-electron chi connectivity index (χ3n) is 5.38. The van der Waals surface area contributed by atoms with E-state index in [1.54, 1.807) is 0 Å². The number of amides is 1. The molecule has 1 aliphatic rings. The summed E-state index contributed by atoms with van der Waals surface area (Å²) in [6.07, 6.45) is 3.29. The SMILES string of the molecule is Cc1cccc(CC(=O)N2CCCCC2c2noc(COCc3ccccc3)n2)c1. The third kappa shape index (κ3) is 5.13. The topological polar surface area (TPSA) is 68.5 Å². The van der Waals surface area contributed by atoms with Gasteiger partial charge in [0.1, 0.15) is 6.61 Å². The number of nitrogens with zero attached hydrogens (tertiary/aromatic N) is 3. The van der Waals surface area contributed by atoms with E-state index in [0.717, 1.165) is 42.5 Å². The summed E-state index contributed by atoms with van der Waals surface area (Å²) in [5.41, 5.74) is 3.29. The molecule has 1 aliphatic heterocycles. The summed E-state index contributed by atoms with van der Waals surface area (Å²) in [6.45, 7) is 3.51. The van der Waals surface area contributed by atoms with Crippen molar-refractivity contribution in [3.05, 3.63) is 83.0 Å². The molecule has 1 saturated heterocycles. The number of ether oxygens (including phenoxy) is 1. The molecule has 0 saturated carbocycles. The van der Waals surface area contributed by atoms with Crippen molar-refractivity contribution in [2.24, 2.45) is 0 Å². The number of hydrogen-bond donors (Lipinski definition) is 0. The molecule has 2 heterocycles. The van der Waals surface area contributed by atoms with Crippen LogP contribution in [0.1, 0.15) is 53.7 Å². The molecule has 0 aliphatic carbocycles. The van der Waals surface area contributed by atoms with Crippen molar-refractivity contribution in [2.45, 2.75) is 51.9 Å². The van der Waals surface area contributed by atoms with Crippen LogP contribution < -0.4 is 0 Å². The molecule has 2 aromatic carbocycles. The summed E-state index contributed by atoms with van der Waals surface area (Å²) < 4.78 is 11.1. The molecule has 0 N–H and O–H groups in total. The second-order valence-electron chi connectivity index (χ2n) is 7.79. The van der Waals surface area contributed by atoms with Crippen LogP contribution in [-0.2, 0) is 29.2 Å². The second-order valence-corrected chi connectivity index (χ2v) is 7.79. The zero-order valence-corrected chi connectivity index (χ0v) is 17.3. The Morgan fingerprint density at radius 3 is 2.77 bits per heavy atom. The van der Waals surface area contributed by atoms with E-state index in [2.05, 4.69) is 16.2 Å². The Labute approximate surface area is 176 Å². The highest BCUT2D eigenvalue weighted by Crippen LogP contribution is 2.30. The summed E-state index contributed by atoms with van der Waals surface area (Å²) in [5.74, 6) is 1.13. The molecule has 30 heavy (non-hydrogen) atoms. The zero-order chi connectivity index (χ0) is 20.8. The fourth-order valence-corrected chi connectivity index (χ4v) is 3.89. The molecule has 6 nitrogen and oxygen atoms in total. The number of piperidine rings is 1. The van der Waals surface area contributed by atoms with E-state index in [0.29, 0.717) is 24.7 Å². The smallest absolute Gasteiger partial charge is 0.252 e. The number of aromatic nitrogens is 2. The monoisotopic (exact) mass is 405 g/mol. The predicted octanol–water partition coefficient (Wildman–Crippen LogP) is 4.39. The lowest BCUT2D eigenvalue weighted by atomic mass is 10.00. The van der Waals surface area contributed by atoms with Crippen molar-refractivity contribution in [2.75, 3.05) is 6.54 Å². The Hall–Kier alpha value is -2.99. The van der Waals surface area contributed by atoms with Crippen LogP contribution in [0, 0.1) is 6.92 Å². The Bertz CT molecular complexity index is 971.